The third-order valence-corrected chi connectivity index (χ3v) is 3.43. The Morgan fingerprint density at radius 3 is 2.61 bits per heavy atom. The van der Waals surface area contributed by atoms with Gasteiger partial charge in [0.25, 0.3) is 0 Å². The minimum atomic E-state index is 0.145. The summed E-state index contributed by atoms with van der Waals surface area (Å²) < 4.78 is 2.27. The lowest BCUT2D eigenvalue weighted by Gasteiger charge is -2.21. The van der Waals surface area contributed by atoms with Crippen molar-refractivity contribution in [2.24, 2.45) is 0 Å². The highest BCUT2D eigenvalue weighted by Crippen LogP contribution is 2.08. The summed E-state index contributed by atoms with van der Waals surface area (Å²) in [5.74, 6) is 1.14. The molecule has 0 bridgehead atoms. The van der Waals surface area contributed by atoms with Crippen molar-refractivity contribution in [2.75, 3.05) is 19.6 Å². The number of likely N-dealkylation sites (tertiary alicyclic amines) is 1. The van der Waals surface area contributed by atoms with E-state index in [1.165, 1.54) is 25.9 Å². The summed E-state index contributed by atoms with van der Waals surface area (Å²) in [4.78, 5) is 6.99. The zero-order valence-corrected chi connectivity index (χ0v) is 11.9. The molecular formula is C14H26N4. The van der Waals surface area contributed by atoms with Gasteiger partial charge in [-0.2, -0.15) is 0 Å². The molecule has 2 rings (SSSR count). The molecule has 0 saturated carbocycles. The SMILES string of the molecule is CC(C)(C)NCc1nccn1CCN1CCCC1. The number of aromatic nitrogens is 2. The standard InChI is InChI=1S/C14H26N4/c1-14(2,3)16-12-13-15-6-9-18(13)11-10-17-7-4-5-8-17/h6,9,16H,4-5,7-8,10-12H2,1-3H3. The van der Waals surface area contributed by atoms with Crippen LogP contribution in [0.15, 0.2) is 12.4 Å². The smallest absolute Gasteiger partial charge is 0.122 e. The van der Waals surface area contributed by atoms with E-state index in [-0.39, 0.29) is 5.54 Å². The first kappa shape index (κ1) is 13.6. The van der Waals surface area contributed by atoms with Gasteiger partial charge in [0, 0.05) is 31.0 Å². The third-order valence-electron chi connectivity index (χ3n) is 3.43. The summed E-state index contributed by atoms with van der Waals surface area (Å²) in [6, 6.07) is 0. The van der Waals surface area contributed by atoms with Gasteiger partial charge in [-0.05, 0) is 46.7 Å². The van der Waals surface area contributed by atoms with Gasteiger partial charge in [0.1, 0.15) is 5.82 Å². The molecule has 1 aliphatic rings. The molecule has 1 aromatic heterocycles. The largest absolute Gasteiger partial charge is 0.333 e. The van der Waals surface area contributed by atoms with Gasteiger partial charge in [0.05, 0.1) is 6.54 Å². The van der Waals surface area contributed by atoms with Crippen LogP contribution in [-0.4, -0.2) is 39.6 Å². The molecule has 1 N–H and O–H groups in total. The highest BCUT2D eigenvalue weighted by atomic mass is 15.2. The minimum absolute atomic E-state index is 0.145. The van der Waals surface area contributed by atoms with Crippen LogP contribution in [0.3, 0.4) is 0 Å². The molecule has 0 aromatic carbocycles. The van der Waals surface area contributed by atoms with Crippen LogP contribution in [0.4, 0.5) is 0 Å². The Labute approximate surface area is 110 Å². The molecule has 1 saturated heterocycles. The Morgan fingerprint density at radius 1 is 1.22 bits per heavy atom. The van der Waals surface area contributed by atoms with Crippen LogP contribution in [0.2, 0.25) is 0 Å². The van der Waals surface area contributed by atoms with E-state index in [9.17, 15) is 0 Å². The number of hydrogen-bond donors (Lipinski definition) is 1. The van der Waals surface area contributed by atoms with Gasteiger partial charge < -0.3 is 14.8 Å². The van der Waals surface area contributed by atoms with Crippen molar-refractivity contribution in [1.29, 1.82) is 0 Å². The van der Waals surface area contributed by atoms with E-state index in [2.05, 4.69) is 46.7 Å². The average molecular weight is 250 g/mol. The monoisotopic (exact) mass is 250 g/mol. The molecule has 0 spiro atoms. The van der Waals surface area contributed by atoms with Crippen LogP contribution in [0.1, 0.15) is 39.4 Å². The van der Waals surface area contributed by atoms with Crippen molar-refractivity contribution in [3.05, 3.63) is 18.2 Å². The predicted molar refractivity (Wildman–Crippen MR) is 74.5 cm³/mol. The predicted octanol–water partition coefficient (Wildman–Crippen LogP) is 1.87. The van der Waals surface area contributed by atoms with Crippen molar-refractivity contribution in [3.63, 3.8) is 0 Å². The molecule has 0 aliphatic carbocycles. The first-order chi connectivity index (χ1) is 8.54. The van der Waals surface area contributed by atoms with Crippen LogP contribution in [-0.2, 0) is 13.1 Å². The Hall–Kier alpha value is -0.870. The van der Waals surface area contributed by atoms with Gasteiger partial charge in [-0.15, -0.1) is 0 Å². The van der Waals surface area contributed by atoms with Crippen molar-refractivity contribution in [2.45, 2.75) is 52.2 Å². The minimum Gasteiger partial charge on any atom is -0.333 e. The van der Waals surface area contributed by atoms with Gasteiger partial charge >= 0.3 is 0 Å². The van der Waals surface area contributed by atoms with Gasteiger partial charge in [0.2, 0.25) is 0 Å². The number of nitrogens with one attached hydrogen (secondary N) is 1. The maximum absolute atomic E-state index is 4.45. The van der Waals surface area contributed by atoms with Crippen molar-refractivity contribution in [1.82, 2.24) is 19.8 Å². The summed E-state index contributed by atoms with van der Waals surface area (Å²) in [6.45, 7) is 12.1. The summed E-state index contributed by atoms with van der Waals surface area (Å²) >= 11 is 0. The fourth-order valence-electron chi connectivity index (χ4n) is 2.31. The lowest BCUT2D eigenvalue weighted by Crippen LogP contribution is -2.36. The topological polar surface area (TPSA) is 33.1 Å². The molecule has 1 fully saturated rings. The molecule has 0 radical (unpaired) electrons. The average Bonchev–Trinajstić information content (AvgIpc) is 2.94. The van der Waals surface area contributed by atoms with Gasteiger partial charge in [0.15, 0.2) is 0 Å². The molecule has 102 valence electrons. The molecule has 4 nitrogen and oxygen atoms in total. The molecule has 18 heavy (non-hydrogen) atoms. The number of rotatable bonds is 5. The van der Waals surface area contributed by atoms with Crippen LogP contribution in [0.5, 0.6) is 0 Å². The Kier molecular flexibility index (Phi) is 4.40. The molecule has 0 amide bonds. The van der Waals surface area contributed by atoms with Crippen LogP contribution >= 0.6 is 0 Å². The van der Waals surface area contributed by atoms with E-state index in [1.807, 2.05) is 6.20 Å². The molecule has 0 unspecified atom stereocenters. The first-order valence-corrected chi connectivity index (χ1v) is 7.02. The van der Waals surface area contributed by atoms with E-state index in [4.69, 9.17) is 0 Å². The van der Waals surface area contributed by atoms with Gasteiger partial charge in [-0.25, -0.2) is 4.98 Å². The maximum atomic E-state index is 4.45. The summed E-state index contributed by atoms with van der Waals surface area (Å²) in [6.07, 6.45) is 6.73. The zero-order chi connectivity index (χ0) is 13.0. The van der Waals surface area contributed by atoms with E-state index >= 15 is 0 Å². The van der Waals surface area contributed by atoms with Crippen molar-refractivity contribution < 1.29 is 0 Å². The fourth-order valence-corrected chi connectivity index (χ4v) is 2.31. The van der Waals surface area contributed by atoms with Gasteiger partial charge in [-0.1, -0.05) is 0 Å². The van der Waals surface area contributed by atoms with E-state index in [1.54, 1.807) is 0 Å². The maximum Gasteiger partial charge on any atom is 0.122 e. The highest BCUT2D eigenvalue weighted by molar-refractivity contribution is 4.93. The zero-order valence-electron chi connectivity index (χ0n) is 11.9. The second-order valence-corrected chi connectivity index (χ2v) is 6.19. The molecule has 4 heteroatoms. The van der Waals surface area contributed by atoms with Crippen molar-refractivity contribution in [3.8, 4) is 0 Å². The summed E-state index contributed by atoms with van der Waals surface area (Å²) in [5, 5.41) is 3.50. The lowest BCUT2D eigenvalue weighted by molar-refractivity contribution is 0.318. The Balaban J connectivity index is 1.83. The second-order valence-electron chi connectivity index (χ2n) is 6.19. The van der Waals surface area contributed by atoms with Gasteiger partial charge in [-0.3, -0.25) is 0 Å². The molecular weight excluding hydrogens is 224 g/mol. The fraction of sp³-hybridized carbons (Fsp3) is 0.786. The molecule has 0 atom stereocenters. The van der Waals surface area contributed by atoms with Crippen LogP contribution < -0.4 is 5.32 Å². The molecule has 1 aliphatic heterocycles. The lowest BCUT2D eigenvalue weighted by atomic mass is 10.1. The number of imidazole rings is 1. The Morgan fingerprint density at radius 2 is 1.94 bits per heavy atom. The first-order valence-electron chi connectivity index (χ1n) is 7.02. The number of hydrogen-bond acceptors (Lipinski definition) is 3. The van der Waals surface area contributed by atoms with E-state index in [0.29, 0.717) is 0 Å². The summed E-state index contributed by atoms with van der Waals surface area (Å²) in [7, 11) is 0. The van der Waals surface area contributed by atoms with E-state index in [0.717, 1.165) is 25.5 Å². The summed E-state index contributed by atoms with van der Waals surface area (Å²) in [5.41, 5.74) is 0.145. The van der Waals surface area contributed by atoms with E-state index < -0.39 is 0 Å². The molecule has 1 aromatic rings. The molecule has 2 heterocycles. The van der Waals surface area contributed by atoms with Crippen LogP contribution in [0, 0.1) is 0 Å². The Bertz CT molecular complexity index is 358. The second kappa shape index (κ2) is 5.85. The van der Waals surface area contributed by atoms with Crippen LogP contribution in [0.25, 0.3) is 0 Å². The number of nitrogens with zero attached hydrogens (tertiary/aromatic N) is 3. The normalized spacial score (nSPS) is 17.5. The van der Waals surface area contributed by atoms with Crippen molar-refractivity contribution >= 4 is 0 Å². The quantitative estimate of drug-likeness (QED) is 0.866. The third kappa shape index (κ3) is 4.10. The highest BCUT2D eigenvalue weighted by Gasteiger charge is 2.13.